The Morgan fingerprint density at radius 3 is 2.20 bits per heavy atom. The molecule has 1 aliphatic carbocycles. The van der Waals surface area contributed by atoms with Gasteiger partial charge in [-0.25, -0.2) is 19.3 Å². The zero-order valence-corrected chi connectivity index (χ0v) is 69.2. The number of urea groups is 1. The van der Waals surface area contributed by atoms with E-state index in [2.05, 4.69) is 78.4 Å². The zero-order valence-electron chi connectivity index (χ0n) is 67.5. The van der Waals surface area contributed by atoms with Crippen LogP contribution in [0.25, 0.3) is 21.7 Å². The van der Waals surface area contributed by atoms with Gasteiger partial charge in [0.05, 0.1) is 39.6 Å². The number of phosphoric ester groups is 1. The van der Waals surface area contributed by atoms with Gasteiger partial charge in [-0.15, -0.1) is 21.5 Å². The van der Waals surface area contributed by atoms with Crippen molar-refractivity contribution in [3.8, 4) is 39.2 Å². The summed E-state index contributed by atoms with van der Waals surface area (Å²) in [7, 11) is -4.97. The first-order valence-corrected chi connectivity index (χ1v) is 43.1. The Hall–Kier alpha value is -10.9. The first-order chi connectivity index (χ1) is 57.2. The molecule has 4 aromatic heterocycles. The molecule has 5 aliphatic heterocycles. The summed E-state index contributed by atoms with van der Waals surface area (Å²) in [5.74, 6) is -2.53. The van der Waals surface area contributed by atoms with Crippen molar-refractivity contribution in [2.45, 2.75) is 160 Å². The van der Waals surface area contributed by atoms with Crippen molar-refractivity contribution in [2.75, 3.05) is 106 Å². The Balaban J connectivity index is 0.547. The number of fused-ring (bicyclic) bond motifs is 2. The van der Waals surface area contributed by atoms with Crippen LogP contribution in [0.5, 0.6) is 17.5 Å². The second kappa shape index (κ2) is 38.9. The average Bonchev–Trinajstić information content (AvgIpc) is 1.75. The number of phosphoric acid groups is 1. The molecule has 3 aromatic carbocycles. The summed E-state index contributed by atoms with van der Waals surface area (Å²) >= 11 is 1.54. The van der Waals surface area contributed by atoms with Gasteiger partial charge in [0.2, 0.25) is 35.4 Å². The Labute approximate surface area is 694 Å². The van der Waals surface area contributed by atoms with Crippen LogP contribution in [0.4, 0.5) is 27.7 Å². The molecule has 0 spiro atoms. The number of benzene rings is 3. The molecule has 634 valence electrons. The number of carbonyl (C=O) groups excluding carboxylic acids is 8. The maximum Gasteiger partial charge on any atom is 0.469 e. The zero-order chi connectivity index (χ0) is 84.1. The number of para-hydroxylation sites is 1. The number of nitrogen functional groups attached to an aromatic ring is 1. The molecule has 5 fully saturated rings. The van der Waals surface area contributed by atoms with E-state index in [1.807, 2.05) is 107 Å². The van der Waals surface area contributed by atoms with Gasteiger partial charge >= 0.3 is 13.9 Å². The molecule has 13 rings (SSSR count). The van der Waals surface area contributed by atoms with Crippen molar-refractivity contribution in [3.05, 3.63) is 144 Å². The number of carbonyl (C=O) groups is 8. The lowest BCUT2D eigenvalue weighted by atomic mass is 9.67. The average molecular weight is 1670 g/mol. The number of hydrogen-bond acceptors (Lipinski definition) is 25. The number of pyridine rings is 1. The Morgan fingerprint density at radius 2 is 1.50 bits per heavy atom. The molecule has 6 aliphatic rings. The maximum atomic E-state index is 14.6. The van der Waals surface area contributed by atoms with E-state index in [-0.39, 0.29) is 86.6 Å². The number of unbranched alkanes of at least 4 members (excludes halogenated alkanes) is 2. The third-order valence-corrected chi connectivity index (χ3v) is 24.7. The number of primary amides is 1. The van der Waals surface area contributed by atoms with Gasteiger partial charge in [-0.3, -0.25) is 52.8 Å². The molecule has 1 saturated carbocycles. The summed E-state index contributed by atoms with van der Waals surface area (Å²) in [6.45, 7) is 16.1. The van der Waals surface area contributed by atoms with E-state index >= 15 is 0 Å². The highest BCUT2D eigenvalue weighted by Crippen LogP contribution is 2.45. The third-order valence-electron chi connectivity index (χ3n) is 23.1. The summed E-state index contributed by atoms with van der Waals surface area (Å²) in [5, 5.41) is 27.3. The van der Waals surface area contributed by atoms with E-state index < -0.39 is 79.0 Å². The number of nitrogens with one attached hydrogen (secondary N) is 5. The molecule has 9 heterocycles. The van der Waals surface area contributed by atoms with Crippen molar-refractivity contribution in [1.29, 1.82) is 0 Å². The van der Waals surface area contributed by atoms with E-state index in [0.717, 1.165) is 76.7 Å². The van der Waals surface area contributed by atoms with Crippen molar-refractivity contribution >= 4 is 89.4 Å². The lowest BCUT2D eigenvalue weighted by molar-refractivity contribution is -0.151. The minimum absolute atomic E-state index is 0.133. The van der Waals surface area contributed by atoms with Crippen LogP contribution < -0.4 is 62.1 Å². The number of imide groups is 1. The highest BCUT2D eigenvalue weighted by molar-refractivity contribution is 7.46. The van der Waals surface area contributed by atoms with Crippen LogP contribution >= 0.6 is 19.2 Å². The predicted molar refractivity (Wildman–Crippen MR) is 443 cm³/mol. The molecule has 2 bridgehead atoms. The third kappa shape index (κ3) is 21.4. The first kappa shape index (κ1) is 85.9. The molecule has 2 unspecified atom stereocenters. The van der Waals surface area contributed by atoms with Crippen LogP contribution in [0.2, 0.25) is 0 Å². The summed E-state index contributed by atoms with van der Waals surface area (Å²) in [5.41, 5.74) is 19.5. The summed E-state index contributed by atoms with van der Waals surface area (Å²) in [6.07, 6.45) is 8.50. The molecule has 119 heavy (non-hydrogen) atoms. The lowest BCUT2D eigenvalue weighted by Crippen LogP contribution is -2.58. The number of piperazine rings is 2. The fourth-order valence-electron chi connectivity index (χ4n) is 16.6. The number of aryl methyl sites for hydroxylation is 1. The van der Waals surface area contributed by atoms with Crippen molar-refractivity contribution in [1.82, 2.24) is 66.2 Å². The number of hydrogen-bond donors (Lipinski definition) is 9. The maximum absolute atomic E-state index is 14.6. The molecule has 36 heteroatoms. The van der Waals surface area contributed by atoms with Crippen molar-refractivity contribution in [2.24, 2.45) is 17.1 Å². The molecular formula is C83H105N18O16PS. The minimum Gasteiger partial charge on any atom is -0.488 e. The second-order valence-electron chi connectivity index (χ2n) is 31.6. The van der Waals surface area contributed by atoms with Gasteiger partial charge in [0.25, 0.3) is 17.7 Å². The molecule has 34 nitrogen and oxygen atoms in total. The lowest BCUT2D eigenvalue weighted by Gasteiger charge is -2.43. The van der Waals surface area contributed by atoms with Gasteiger partial charge in [0.1, 0.15) is 49.0 Å². The smallest absolute Gasteiger partial charge is 0.469 e. The largest absolute Gasteiger partial charge is 0.488 e. The normalized spacial score (nSPS) is 19.9. The minimum atomic E-state index is -4.97. The van der Waals surface area contributed by atoms with Gasteiger partial charge in [0, 0.05) is 144 Å². The Kier molecular flexibility index (Phi) is 28.1. The quantitative estimate of drug-likeness (QED) is 0.00788. The van der Waals surface area contributed by atoms with Crippen LogP contribution in [-0.4, -0.2) is 224 Å². The van der Waals surface area contributed by atoms with E-state index in [4.69, 9.17) is 34.7 Å². The number of aromatic nitrogens is 5. The fourth-order valence-corrected chi connectivity index (χ4v) is 17.9. The van der Waals surface area contributed by atoms with E-state index in [9.17, 15) is 52.7 Å². The van der Waals surface area contributed by atoms with Crippen LogP contribution in [0.15, 0.2) is 125 Å². The van der Waals surface area contributed by atoms with Crippen LogP contribution in [0, 0.1) is 18.3 Å². The van der Waals surface area contributed by atoms with Crippen LogP contribution in [0.1, 0.15) is 133 Å². The molecule has 11 N–H and O–H groups in total. The predicted octanol–water partition coefficient (Wildman–Crippen LogP) is 7.39. The topological polar surface area (TPSA) is 440 Å². The molecule has 9 amide bonds. The van der Waals surface area contributed by atoms with Gasteiger partial charge in [-0.2, -0.15) is 0 Å². The molecular weight excluding hydrogens is 1570 g/mol. The van der Waals surface area contributed by atoms with Gasteiger partial charge in [-0.05, 0) is 143 Å². The number of nitrogens with two attached hydrogens (primary N) is 2. The van der Waals surface area contributed by atoms with Gasteiger partial charge in [0.15, 0.2) is 11.6 Å². The van der Waals surface area contributed by atoms with Crippen LogP contribution in [-0.2, 0) is 49.3 Å². The number of likely N-dealkylation sites (tertiary alicyclic amines) is 1. The number of rotatable bonds is 38. The van der Waals surface area contributed by atoms with E-state index in [1.54, 1.807) is 41.2 Å². The van der Waals surface area contributed by atoms with Gasteiger partial charge in [-0.1, -0.05) is 68.8 Å². The monoisotopic (exact) mass is 1670 g/mol. The SMILES string of the molecule is Cc1ncsc1-c1ccc([C@H](C)NC(=O)[C@@H]2C[C@@H](OP(=O)(O)O)CN2C(=O)[C@@H](c2cc(OCCN3CCN(CCOc4cc(N5C6CCC5CN(c5cc(-c7ccccc7OCc7ccc(NC(=O)[C@H](CCCNC(N)=O)NC(=O)C8(C(=O)NCCCCCN9C(=O)C=CC9=O)CCC8)cc7)nnc5N)C6)ccn4)[C@H](C)C3)no2)C(C)C)cc1. The van der Waals surface area contributed by atoms with Gasteiger partial charge < -0.3 is 81.3 Å². The standard InChI is InChI=1S/C83H105N18O16PS/c1-51(2)74(79(106)100-48-62(117-118(110,111)112)42-67(100)78(105)90-53(4)56-18-20-57(21-19-56)75-54(5)89-50-119-75)69-44-71(95-116-69)114-39-37-96-35-36-97(52(3)45-96)38-40-113-70-41-59(28-33-86-70)101-60-24-25-61(101)47-98(46-60)66-43-65(93-94-76(66)84)63-13-7-8-15-68(63)115-49-55-16-22-58(23-17-55)91-77(104)64(14-11-32-88-82(85)109)92-81(108)83(29-12-30-83)80(107)87-31-9-6-10-34-99-72(102)26-27-73(99)103/h7-8,13,15-23,26-28,33,41,43-44,50-53,60-62,64,67,74H,6,9-12,14,24-25,29-32,34-40,42,45-49H2,1-5H3,(H2,84,94)(H,87,107)(H,90,105)(H,91,104)(H,92,108)(H3,85,88,109)(H2,110,111,112)/t52-,53+,60?,61?,62-,64+,67+,74-/m1/s1. The summed E-state index contributed by atoms with van der Waals surface area (Å²) < 4.78 is 41.8. The highest BCUT2D eigenvalue weighted by Gasteiger charge is 2.52. The van der Waals surface area contributed by atoms with Crippen LogP contribution in [0.3, 0.4) is 0 Å². The fraction of sp³-hybridized carbons (Fsp3) is 0.482. The van der Waals surface area contributed by atoms with Crippen molar-refractivity contribution < 1.29 is 76.0 Å². The Morgan fingerprint density at radius 1 is 0.773 bits per heavy atom. The summed E-state index contributed by atoms with van der Waals surface area (Å²) in [4.78, 5) is 147. The highest BCUT2D eigenvalue weighted by atomic mass is 32.1. The molecule has 8 atom stereocenters. The number of nitrogens with zero attached hydrogens (tertiary/aromatic N) is 11. The second-order valence-corrected chi connectivity index (χ2v) is 33.7. The number of amides is 9. The van der Waals surface area contributed by atoms with Crippen molar-refractivity contribution in [3.63, 3.8) is 0 Å². The number of ether oxygens (including phenoxy) is 3. The number of anilines is 4. The molecule has 4 saturated heterocycles. The van der Waals surface area contributed by atoms with E-state index in [1.165, 1.54) is 22.0 Å². The Bertz CT molecular complexity index is 4820. The summed E-state index contributed by atoms with van der Waals surface area (Å²) in [6, 6.07) is 27.3. The first-order valence-electron chi connectivity index (χ1n) is 40.7. The molecule has 7 aromatic rings. The number of thiazole rings is 1. The molecule has 0 radical (unpaired) electrons. The van der Waals surface area contributed by atoms with E-state index in [0.29, 0.717) is 120 Å².